The van der Waals surface area contributed by atoms with E-state index in [-0.39, 0.29) is 18.9 Å². The number of anilines is 2. The first-order valence-corrected chi connectivity index (χ1v) is 10.4. The molecule has 0 aromatic heterocycles. The van der Waals surface area contributed by atoms with Crippen molar-refractivity contribution in [3.05, 3.63) is 54.1 Å². The molecular formula is C19H22N2O4S. The molecule has 0 saturated heterocycles. The fraction of sp³-hybridized carbons (Fsp3) is 0.316. The molecule has 1 aliphatic rings. The van der Waals surface area contributed by atoms with Gasteiger partial charge in [-0.05, 0) is 30.2 Å². The number of hydrogen-bond donors (Lipinski definition) is 1. The molecule has 0 aliphatic carbocycles. The highest BCUT2D eigenvalue weighted by Gasteiger charge is 2.31. The number of benzene rings is 2. The largest absolute Gasteiger partial charge is 0.478 e. The molecule has 7 heteroatoms. The van der Waals surface area contributed by atoms with Crippen molar-refractivity contribution in [3.8, 4) is 5.75 Å². The second-order valence-electron chi connectivity index (χ2n) is 6.20. The first-order chi connectivity index (χ1) is 12.4. The van der Waals surface area contributed by atoms with E-state index < -0.39 is 16.1 Å². The first kappa shape index (κ1) is 18.3. The van der Waals surface area contributed by atoms with E-state index in [2.05, 4.69) is 5.32 Å². The van der Waals surface area contributed by atoms with Crippen molar-refractivity contribution in [1.82, 2.24) is 0 Å². The zero-order chi connectivity index (χ0) is 18.7. The first-order valence-electron chi connectivity index (χ1n) is 8.52. The van der Waals surface area contributed by atoms with Crippen molar-refractivity contribution in [2.75, 3.05) is 22.4 Å². The van der Waals surface area contributed by atoms with Gasteiger partial charge in [0.1, 0.15) is 5.75 Å². The van der Waals surface area contributed by atoms with Crippen LogP contribution in [0.25, 0.3) is 0 Å². The monoisotopic (exact) mass is 374 g/mol. The molecule has 1 aliphatic heterocycles. The van der Waals surface area contributed by atoms with Crippen LogP contribution in [0.5, 0.6) is 5.75 Å². The molecule has 2 aromatic rings. The molecular weight excluding hydrogens is 352 g/mol. The molecule has 0 bridgehead atoms. The van der Waals surface area contributed by atoms with Gasteiger partial charge in [0.2, 0.25) is 10.0 Å². The van der Waals surface area contributed by atoms with Crippen molar-refractivity contribution < 1.29 is 17.9 Å². The number of amides is 1. The Hall–Kier alpha value is -2.54. The minimum Gasteiger partial charge on any atom is -0.478 e. The van der Waals surface area contributed by atoms with E-state index >= 15 is 0 Å². The van der Waals surface area contributed by atoms with Crippen molar-refractivity contribution in [2.45, 2.75) is 25.9 Å². The Balaban J connectivity index is 1.86. The van der Waals surface area contributed by atoms with Crippen LogP contribution in [0.4, 0.5) is 11.4 Å². The molecule has 0 fully saturated rings. The summed E-state index contributed by atoms with van der Waals surface area (Å²) in [7, 11) is -3.46. The van der Waals surface area contributed by atoms with Crippen LogP contribution in [0, 0.1) is 0 Å². The van der Waals surface area contributed by atoms with E-state index in [0.29, 0.717) is 11.4 Å². The third kappa shape index (κ3) is 3.83. The molecule has 138 valence electrons. The lowest BCUT2D eigenvalue weighted by atomic mass is 10.1. The van der Waals surface area contributed by atoms with Crippen LogP contribution in [0.2, 0.25) is 0 Å². The summed E-state index contributed by atoms with van der Waals surface area (Å²) in [5, 5.41) is 2.91. The van der Waals surface area contributed by atoms with Crippen LogP contribution in [-0.4, -0.2) is 33.2 Å². The normalized spacial score (nSPS) is 17.0. The number of ether oxygens (including phenoxy) is 1. The van der Waals surface area contributed by atoms with Crippen molar-refractivity contribution in [2.24, 2.45) is 0 Å². The molecule has 0 saturated carbocycles. The van der Waals surface area contributed by atoms with Crippen LogP contribution in [0.1, 0.15) is 18.9 Å². The van der Waals surface area contributed by atoms with Gasteiger partial charge in [-0.15, -0.1) is 0 Å². The summed E-state index contributed by atoms with van der Waals surface area (Å²) < 4.78 is 31.4. The summed E-state index contributed by atoms with van der Waals surface area (Å²) in [5.74, 6) is 0.107. The average molecular weight is 374 g/mol. The summed E-state index contributed by atoms with van der Waals surface area (Å²) in [6.07, 6.45) is 1.45. The van der Waals surface area contributed by atoms with Crippen molar-refractivity contribution in [1.29, 1.82) is 0 Å². The van der Waals surface area contributed by atoms with Gasteiger partial charge in [-0.25, -0.2) is 8.42 Å². The zero-order valence-corrected chi connectivity index (χ0v) is 15.6. The van der Waals surface area contributed by atoms with Crippen LogP contribution < -0.4 is 14.4 Å². The summed E-state index contributed by atoms with van der Waals surface area (Å²) in [5.41, 5.74) is 2.24. The van der Waals surface area contributed by atoms with Gasteiger partial charge in [0.25, 0.3) is 5.91 Å². The predicted octanol–water partition coefficient (Wildman–Crippen LogP) is 2.80. The molecule has 0 radical (unpaired) electrons. The third-order valence-electron chi connectivity index (χ3n) is 4.35. The number of carbonyl (C=O) groups is 1. The number of para-hydroxylation sites is 3. The van der Waals surface area contributed by atoms with E-state index in [4.69, 9.17) is 4.74 Å². The average Bonchev–Trinajstić information content (AvgIpc) is 2.81. The van der Waals surface area contributed by atoms with Gasteiger partial charge in [-0.2, -0.15) is 0 Å². The number of sulfonamides is 1. The standard InChI is InChI=1S/C19H22N2O4S/c1-3-14-8-4-5-9-15(14)20-19(22)18-12-13-21(26(2,23)24)16-10-6-7-11-17(16)25-18/h4-11,18H,3,12-13H2,1-2H3,(H,20,22). The Morgan fingerprint density at radius 1 is 1.19 bits per heavy atom. The van der Waals surface area contributed by atoms with E-state index in [1.165, 1.54) is 4.31 Å². The van der Waals surface area contributed by atoms with Crippen molar-refractivity contribution in [3.63, 3.8) is 0 Å². The molecule has 1 unspecified atom stereocenters. The highest BCUT2D eigenvalue weighted by molar-refractivity contribution is 7.92. The Bertz CT molecular complexity index is 911. The number of hydrogen-bond acceptors (Lipinski definition) is 4. The molecule has 1 heterocycles. The Morgan fingerprint density at radius 2 is 1.88 bits per heavy atom. The third-order valence-corrected chi connectivity index (χ3v) is 5.53. The van der Waals surface area contributed by atoms with Crippen LogP contribution in [0.3, 0.4) is 0 Å². The molecule has 0 spiro atoms. The van der Waals surface area contributed by atoms with Crippen LogP contribution >= 0.6 is 0 Å². The van der Waals surface area contributed by atoms with E-state index in [0.717, 1.165) is 23.9 Å². The van der Waals surface area contributed by atoms with Gasteiger partial charge in [-0.1, -0.05) is 37.3 Å². The van der Waals surface area contributed by atoms with Gasteiger partial charge in [0, 0.05) is 18.7 Å². The molecule has 6 nitrogen and oxygen atoms in total. The lowest BCUT2D eigenvalue weighted by molar-refractivity contribution is -0.122. The van der Waals surface area contributed by atoms with Gasteiger partial charge >= 0.3 is 0 Å². The predicted molar refractivity (Wildman–Crippen MR) is 102 cm³/mol. The number of nitrogens with one attached hydrogen (secondary N) is 1. The highest BCUT2D eigenvalue weighted by atomic mass is 32.2. The van der Waals surface area contributed by atoms with E-state index in [1.807, 2.05) is 31.2 Å². The SMILES string of the molecule is CCc1ccccc1NC(=O)C1CCN(S(C)(=O)=O)c2ccccc2O1. The van der Waals surface area contributed by atoms with E-state index in [1.54, 1.807) is 24.3 Å². The summed E-state index contributed by atoms with van der Waals surface area (Å²) in [6.45, 7) is 2.21. The zero-order valence-electron chi connectivity index (χ0n) is 14.8. The van der Waals surface area contributed by atoms with Crippen molar-refractivity contribution >= 4 is 27.3 Å². The molecule has 26 heavy (non-hydrogen) atoms. The minimum absolute atomic E-state index is 0.184. The van der Waals surface area contributed by atoms with E-state index in [9.17, 15) is 13.2 Å². The minimum atomic E-state index is -3.46. The number of fused-ring (bicyclic) bond motifs is 1. The second kappa shape index (κ2) is 7.37. The molecule has 1 N–H and O–H groups in total. The second-order valence-corrected chi connectivity index (χ2v) is 8.10. The van der Waals surface area contributed by atoms with Gasteiger partial charge in [-0.3, -0.25) is 9.10 Å². The Morgan fingerprint density at radius 3 is 2.62 bits per heavy atom. The lowest BCUT2D eigenvalue weighted by Crippen LogP contribution is -2.36. The molecule has 3 rings (SSSR count). The number of rotatable bonds is 4. The quantitative estimate of drug-likeness (QED) is 0.893. The Kier molecular flexibility index (Phi) is 5.18. The van der Waals surface area contributed by atoms with Crippen LogP contribution in [0.15, 0.2) is 48.5 Å². The number of carbonyl (C=O) groups excluding carboxylic acids is 1. The Labute approximate surface area is 153 Å². The fourth-order valence-corrected chi connectivity index (χ4v) is 3.97. The number of aryl methyl sites for hydroxylation is 1. The summed E-state index contributed by atoms with van der Waals surface area (Å²) in [6, 6.07) is 14.5. The van der Waals surface area contributed by atoms with Gasteiger partial charge < -0.3 is 10.1 Å². The smallest absolute Gasteiger partial charge is 0.265 e. The van der Waals surface area contributed by atoms with Crippen LogP contribution in [-0.2, 0) is 21.2 Å². The highest BCUT2D eigenvalue weighted by Crippen LogP contribution is 2.34. The summed E-state index contributed by atoms with van der Waals surface area (Å²) >= 11 is 0. The maximum Gasteiger partial charge on any atom is 0.265 e. The maximum atomic E-state index is 12.8. The number of nitrogens with zero attached hydrogens (tertiary/aromatic N) is 1. The topological polar surface area (TPSA) is 75.7 Å². The molecule has 1 amide bonds. The maximum absolute atomic E-state index is 12.8. The lowest BCUT2D eigenvalue weighted by Gasteiger charge is -2.20. The molecule has 2 aromatic carbocycles. The summed E-state index contributed by atoms with van der Waals surface area (Å²) in [4.78, 5) is 12.8. The van der Waals surface area contributed by atoms with Gasteiger partial charge in [0.15, 0.2) is 6.10 Å². The fourth-order valence-electron chi connectivity index (χ4n) is 3.02. The van der Waals surface area contributed by atoms with Gasteiger partial charge in [0.05, 0.1) is 11.9 Å². The molecule has 1 atom stereocenters.